The average Bonchev–Trinajstić information content (AvgIpc) is 2.04. The van der Waals surface area contributed by atoms with Crippen LogP contribution < -0.4 is 0 Å². The van der Waals surface area contributed by atoms with E-state index in [4.69, 9.17) is 6.42 Å². The molecule has 1 aromatic rings. The molecule has 0 amide bonds. The number of benzene rings is 1. The average molecular weight is 146 g/mol. The number of phenolic OH excluding ortho intramolecular Hbond substituents is 1. The molecule has 0 radical (unpaired) electrons. The maximum atomic E-state index is 9.28. The molecular weight excluding hydrogens is 136 g/mol. The molecule has 11 heavy (non-hydrogen) atoms. The van der Waals surface area contributed by atoms with Crippen molar-refractivity contribution in [3.63, 3.8) is 0 Å². The number of phenols is 1. The zero-order chi connectivity index (χ0) is 8.27. The lowest BCUT2D eigenvalue weighted by molar-refractivity contribution is 0.473. The Labute approximate surface area is 66.7 Å². The molecule has 0 bridgehead atoms. The summed E-state index contributed by atoms with van der Waals surface area (Å²) in [5, 5.41) is 9.28. The van der Waals surface area contributed by atoms with E-state index in [2.05, 4.69) is 5.92 Å². The second kappa shape index (κ2) is 3.12. The molecule has 0 aliphatic heterocycles. The predicted octanol–water partition coefficient (Wildman–Crippen LogP) is 1.94. The third-order valence-corrected chi connectivity index (χ3v) is 1.65. The van der Waals surface area contributed by atoms with Crippen molar-refractivity contribution in [2.75, 3.05) is 0 Å². The fourth-order valence-electron chi connectivity index (χ4n) is 1.05. The molecule has 1 aromatic carbocycles. The Kier molecular flexibility index (Phi) is 2.18. The second-order valence-corrected chi connectivity index (χ2v) is 2.31. The first-order chi connectivity index (χ1) is 5.29. The normalized spacial score (nSPS) is 9.09. The van der Waals surface area contributed by atoms with E-state index in [0.29, 0.717) is 5.56 Å². The fourth-order valence-corrected chi connectivity index (χ4v) is 1.05. The van der Waals surface area contributed by atoms with Crippen LogP contribution in [0.4, 0.5) is 0 Å². The summed E-state index contributed by atoms with van der Waals surface area (Å²) in [6.45, 7) is 2.01. The summed E-state index contributed by atoms with van der Waals surface area (Å²) in [5.41, 5.74) is 1.64. The Morgan fingerprint density at radius 2 is 2.27 bits per heavy atom. The molecule has 0 aromatic heterocycles. The van der Waals surface area contributed by atoms with E-state index in [1.165, 1.54) is 0 Å². The Hall–Kier alpha value is -1.42. The number of aromatic hydroxyl groups is 1. The van der Waals surface area contributed by atoms with E-state index in [9.17, 15) is 5.11 Å². The standard InChI is InChI=1S/C10H10O/c1-3-8-6-5-7-10(11)9(8)4-2/h2,5-7,11H,3H2,1H3. The van der Waals surface area contributed by atoms with Gasteiger partial charge in [0.1, 0.15) is 5.75 Å². The number of hydrogen-bond donors (Lipinski definition) is 1. The maximum Gasteiger partial charge on any atom is 0.131 e. The van der Waals surface area contributed by atoms with Crippen molar-refractivity contribution < 1.29 is 5.11 Å². The largest absolute Gasteiger partial charge is 0.507 e. The van der Waals surface area contributed by atoms with Gasteiger partial charge in [0.25, 0.3) is 0 Å². The molecule has 0 aliphatic carbocycles. The zero-order valence-corrected chi connectivity index (χ0v) is 6.46. The predicted molar refractivity (Wildman–Crippen MR) is 45.4 cm³/mol. The van der Waals surface area contributed by atoms with Gasteiger partial charge in [0.2, 0.25) is 0 Å². The van der Waals surface area contributed by atoms with Gasteiger partial charge in [0.15, 0.2) is 0 Å². The van der Waals surface area contributed by atoms with Gasteiger partial charge in [-0.1, -0.05) is 25.0 Å². The van der Waals surface area contributed by atoms with Crippen LogP contribution in [-0.2, 0) is 6.42 Å². The third kappa shape index (κ3) is 1.35. The van der Waals surface area contributed by atoms with Gasteiger partial charge in [-0.15, -0.1) is 6.42 Å². The van der Waals surface area contributed by atoms with Crippen LogP contribution in [0.15, 0.2) is 18.2 Å². The van der Waals surface area contributed by atoms with E-state index in [-0.39, 0.29) is 5.75 Å². The van der Waals surface area contributed by atoms with E-state index >= 15 is 0 Å². The second-order valence-electron chi connectivity index (χ2n) is 2.31. The van der Waals surface area contributed by atoms with Crippen molar-refractivity contribution >= 4 is 0 Å². The third-order valence-electron chi connectivity index (χ3n) is 1.65. The molecule has 0 saturated heterocycles. The first-order valence-electron chi connectivity index (χ1n) is 3.57. The molecule has 0 fully saturated rings. The van der Waals surface area contributed by atoms with Crippen molar-refractivity contribution in [3.05, 3.63) is 29.3 Å². The van der Waals surface area contributed by atoms with Crippen LogP contribution in [0, 0.1) is 12.3 Å². The first-order valence-corrected chi connectivity index (χ1v) is 3.57. The minimum absolute atomic E-state index is 0.201. The molecule has 1 N–H and O–H groups in total. The van der Waals surface area contributed by atoms with Gasteiger partial charge >= 0.3 is 0 Å². The summed E-state index contributed by atoms with van der Waals surface area (Å²) in [4.78, 5) is 0. The fraction of sp³-hybridized carbons (Fsp3) is 0.200. The molecule has 0 unspecified atom stereocenters. The molecule has 0 saturated carbocycles. The van der Waals surface area contributed by atoms with Gasteiger partial charge in [-0.3, -0.25) is 0 Å². The summed E-state index contributed by atoms with van der Waals surface area (Å²) in [6.07, 6.45) is 6.07. The van der Waals surface area contributed by atoms with Crippen LogP contribution in [0.25, 0.3) is 0 Å². The zero-order valence-electron chi connectivity index (χ0n) is 6.46. The van der Waals surface area contributed by atoms with E-state index in [1.807, 2.05) is 13.0 Å². The van der Waals surface area contributed by atoms with Crippen LogP contribution in [-0.4, -0.2) is 5.11 Å². The van der Waals surface area contributed by atoms with Crippen LogP contribution in [0.3, 0.4) is 0 Å². The van der Waals surface area contributed by atoms with Gasteiger partial charge in [-0.05, 0) is 18.1 Å². The number of aryl methyl sites for hydroxylation is 1. The lowest BCUT2D eigenvalue weighted by atomic mass is 10.1. The maximum absolute atomic E-state index is 9.28. The summed E-state index contributed by atoms with van der Waals surface area (Å²) < 4.78 is 0. The summed E-state index contributed by atoms with van der Waals surface area (Å²) in [6, 6.07) is 5.33. The highest BCUT2D eigenvalue weighted by Gasteiger charge is 2.01. The Morgan fingerprint density at radius 3 is 2.73 bits per heavy atom. The topological polar surface area (TPSA) is 20.2 Å². The van der Waals surface area contributed by atoms with Crippen molar-refractivity contribution in [2.24, 2.45) is 0 Å². The summed E-state index contributed by atoms with van der Waals surface area (Å²) in [5.74, 6) is 2.67. The Balaban J connectivity index is 3.27. The van der Waals surface area contributed by atoms with E-state index in [0.717, 1.165) is 12.0 Å². The minimum atomic E-state index is 0.201. The van der Waals surface area contributed by atoms with Gasteiger partial charge in [-0.25, -0.2) is 0 Å². The molecule has 1 heteroatoms. The van der Waals surface area contributed by atoms with Crippen molar-refractivity contribution in [1.82, 2.24) is 0 Å². The van der Waals surface area contributed by atoms with Crippen molar-refractivity contribution in [1.29, 1.82) is 0 Å². The van der Waals surface area contributed by atoms with Crippen molar-refractivity contribution in [2.45, 2.75) is 13.3 Å². The number of terminal acetylenes is 1. The quantitative estimate of drug-likeness (QED) is 0.600. The minimum Gasteiger partial charge on any atom is -0.507 e. The van der Waals surface area contributed by atoms with Gasteiger partial charge in [0, 0.05) is 0 Å². The lowest BCUT2D eigenvalue weighted by Crippen LogP contribution is -1.86. The SMILES string of the molecule is C#Cc1c(O)cccc1CC. The Morgan fingerprint density at radius 1 is 1.55 bits per heavy atom. The highest BCUT2D eigenvalue weighted by Crippen LogP contribution is 2.19. The molecule has 1 rings (SSSR count). The van der Waals surface area contributed by atoms with Crippen molar-refractivity contribution in [3.8, 4) is 18.1 Å². The lowest BCUT2D eigenvalue weighted by Gasteiger charge is -2.02. The smallest absolute Gasteiger partial charge is 0.131 e. The van der Waals surface area contributed by atoms with E-state index < -0.39 is 0 Å². The molecule has 56 valence electrons. The van der Waals surface area contributed by atoms with Crippen LogP contribution >= 0.6 is 0 Å². The molecule has 1 nitrogen and oxygen atoms in total. The molecule has 0 atom stereocenters. The molecule has 0 spiro atoms. The highest BCUT2D eigenvalue weighted by atomic mass is 16.3. The van der Waals surface area contributed by atoms with Gasteiger partial charge in [-0.2, -0.15) is 0 Å². The molecular formula is C10H10O. The van der Waals surface area contributed by atoms with Crippen LogP contribution in [0.2, 0.25) is 0 Å². The summed E-state index contributed by atoms with van der Waals surface area (Å²) in [7, 11) is 0. The number of hydrogen-bond acceptors (Lipinski definition) is 1. The van der Waals surface area contributed by atoms with Gasteiger partial charge in [0.05, 0.1) is 5.56 Å². The van der Waals surface area contributed by atoms with E-state index in [1.54, 1.807) is 12.1 Å². The highest BCUT2D eigenvalue weighted by molar-refractivity contribution is 5.49. The Bertz CT molecular complexity index is 294. The van der Waals surface area contributed by atoms with Crippen LogP contribution in [0.1, 0.15) is 18.1 Å². The molecule has 0 aliphatic rings. The number of rotatable bonds is 1. The first kappa shape index (κ1) is 7.68. The summed E-state index contributed by atoms with van der Waals surface area (Å²) >= 11 is 0. The van der Waals surface area contributed by atoms with Gasteiger partial charge < -0.3 is 5.11 Å². The van der Waals surface area contributed by atoms with Crippen LogP contribution in [0.5, 0.6) is 5.75 Å². The molecule has 0 heterocycles. The monoisotopic (exact) mass is 146 g/mol.